The SMILES string of the molecule is Cc1ccc(-c2cccc3c2oc2ccccc23)cc1.Cc1cccc2c1-c1ccccc1C2(C)C.Cc1cccc2c1oc1c(-c3ccccc3)cccc12. The smallest absolute Gasteiger partial charge is 0.143 e. The Labute approximate surface area is 328 Å². The second-order valence-corrected chi connectivity index (χ2v) is 15.4. The first-order valence-corrected chi connectivity index (χ1v) is 19.4. The molecule has 0 amide bonds. The largest absolute Gasteiger partial charge is 0.455 e. The summed E-state index contributed by atoms with van der Waals surface area (Å²) < 4.78 is 12.2. The standard InChI is InChI=1S/2C19H14O.C16H16/c1-13-9-11-14(12-10-13)15-6-4-7-17-16-5-2-3-8-18(16)20-19(15)17;1-13-7-5-11-16-17-12-6-10-15(19(17)20-18(13)16)14-8-3-2-4-9-14;1-11-7-6-10-14-15(11)12-8-4-5-9-13(12)16(14,2)3/h2*2-12H,1H3;4-10H,1-3H3. The van der Waals surface area contributed by atoms with E-state index in [2.05, 4.69) is 192 Å². The Balaban J connectivity index is 0.000000111. The van der Waals surface area contributed by atoms with Gasteiger partial charge in [0.25, 0.3) is 0 Å². The van der Waals surface area contributed by atoms with E-state index in [0.29, 0.717) is 0 Å². The third-order valence-corrected chi connectivity index (χ3v) is 11.4. The molecule has 2 heterocycles. The molecule has 0 bridgehead atoms. The lowest BCUT2D eigenvalue weighted by Crippen LogP contribution is -2.14. The molecule has 0 N–H and O–H groups in total. The van der Waals surface area contributed by atoms with Gasteiger partial charge in [0, 0.05) is 38.1 Å². The number of rotatable bonds is 2. The van der Waals surface area contributed by atoms with Crippen molar-refractivity contribution in [2.24, 2.45) is 0 Å². The molecule has 0 unspecified atom stereocenters. The first kappa shape index (κ1) is 35.1. The zero-order valence-electron chi connectivity index (χ0n) is 32.6. The maximum absolute atomic E-state index is 6.17. The van der Waals surface area contributed by atoms with Crippen molar-refractivity contribution in [3.63, 3.8) is 0 Å². The van der Waals surface area contributed by atoms with Crippen LogP contribution in [0.25, 0.3) is 77.3 Å². The molecule has 2 nitrogen and oxygen atoms in total. The summed E-state index contributed by atoms with van der Waals surface area (Å²) >= 11 is 0. The van der Waals surface area contributed by atoms with Gasteiger partial charge in [0.2, 0.25) is 0 Å². The van der Waals surface area contributed by atoms with Crippen molar-refractivity contribution in [2.75, 3.05) is 0 Å². The highest BCUT2D eigenvalue weighted by atomic mass is 16.3. The highest BCUT2D eigenvalue weighted by molar-refractivity contribution is 6.11. The van der Waals surface area contributed by atoms with Crippen molar-refractivity contribution in [2.45, 2.75) is 40.0 Å². The Morgan fingerprint density at radius 3 is 1.61 bits per heavy atom. The quantitative estimate of drug-likeness (QED) is 0.177. The van der Waals surface area contributed by atoms with E-state index in [0.717, 1.165) is 33.5 Å². The van der Waals surface area contributed by atoms with Gasteiger partial charge in [-0.05, 0) is 71.3 Å². The summed E-state index contributed by atoms with van der Waals surface area (Å²) in [7, 11) is 0. The van der Waals surface area contributed by atoms with E-state index < -0.39 is 0 Å². The van der Waals surface area contributed by atoms with Gasteiger partial charge in [0.1, 0.15) is 22.3 Å². The molecule has 0 fully saturated rings. The topological polar surface area (TPSA) is 26.3 Å². The van der Waals surface area contributed by atoms with E-state index in [9.17, 15) is 0 Å². The van der Waals surface area contributed by atoms with Gasteiger partial charge in [0.05, 0.1) is 0 Å². The molecule has 0 saturated carbocycles. The average Bonchev–Trinajstić information content (AvgIpc) is 3.88. The molecule has 0 saturated heterocycles. The molecule has 56 heavy (non-hydrogen) atoms. The van der Waals surface area contributed by atoms with E-state index >= 15 is 0 Å². The molecule has 0 spiro atoms. The van der Waals surface area contributed by atoms with Crippen LogP contribution >= 0.6 is 0 Å². The van der Waals surface area contributed by atoms with Gasteiger partial charge >= 0.3 is 0 Å². The molecular formula is C54H44O2. The van der Waals surface area contributed by atoms with Crippen LogP contribution in [-0.2, 0) is 5.41 Å². The molecule has 11 rings (SSSR count). The number of hydrogen-bond acceptors (Lipinski definition) is 2. The van der Waals surface area contributed by atoms with Crippen molar-refractivity contribution in [3.8, 4) is 33.4 Å². The van der Waals surface area contributed by atoms with E-state index in [1.54, 1.807) is 0 Å². The summed E-state index contributed by atoms with van der Waals surface area (Å²) in [6.45, 7) is 11.0. The lowest BCUT2D eigenvalue weighted by Gasteiger charge is -2.21. The first-order chi connectivity index (χ1) is 27.3. The van der Waals surface area contributed by atoms with Gasteiger partial charge in [-0.1, -0.05) is 189 Å². The summed E-state index contributed by atoms with van der Waals surface area (Å²) in [5, 5.41) is 4.73. The van der Waals surface area contributed by atoms with Crippen LogP contribution in [0.2, 0.25) is 0 Å². The molecule has 1 aliphatic carbocycles. The zero-order chi connectivity index (χ0) is 38.4. The fourth-order valence-electron chi connectivity index (χ4n) is 8.45. The molecule has 8 aromatic carbocycles. The molecule has 272 valence electrons. The number of benzene rings is 8. The lowest BCUT2D eigenvalue weighted by atomic mass is 9.82. The Kier molecular flexibility index (Phi) is 8.90. The minimum Gasteiger partial charge on any atom is -0.455 e. The van der Waals surface area contributed by atoms with Crippen molar-refractivity contribution < 1.29 is 8.83 Å². The number of furan rings is 2. The lowest BCUT2D eigenvalue weighted by molar-refractivity contribution is 0.660. The highest BCUT2D eigenvalue weighted by Crippen LogP contribution is 2.49. The maximum atomic E-state index is 6.17. The predicted molar refractivity (Wildman–Crippen MR) is 237 cm³/mol. The number of fused-ring (bicyclic) bond motifs is 9. The van der Waals surface area contributed by atoms with Crippen LogP contribution in [0.15, 0.2) is 185 Å². The minimum absolute atomic E-state index is 0.151. The molecule has 0 radical (unpaired) electrons. The second kappa shape index (κ2) is 14.2. The second-order valence-electron chi connectivity index (χ2n) is 15.4. The van der Waals surface area contributed by atoms with Crippen molar-refractivity contribution in [1.29, 1.82) is 0 Å². The Bertz CT molecular complexity index is 3010. The minimum atomic E-state index is 0.151. The highest BCUT2D eigenvalue weighted by Gasteiger charge is 2.35. The molecule has 2 aromatic heterocycles. The number of hydrogen-bond donors (Lipinski definition) is 0. The van der Waals surface area contributed by atoms with Gasteiger partial charge in [-0.15, -0.1) is 0 Å². The normalized spacial score (nSPS) is 12.5. The van der Waals surface area contributed by atoms with E-state index in [1.165, 1.54) is 71.6 Å². The van der Waals surface area contributed by atoms with Crippen LogP contribution in [0.4, 0.5) is 0 Å². The van der Waals surface area contributed by atoms with Crippen molar-refractivity contribution >= 4 is 43.9 Å². The third kappa shape index (κ3) is 6.08. The van der Waals surface area contributed by atoms with Crippen LogP contribution in [0.5, 0.6) is 0 Å². The first-order valence-electron chi connectivity index (χ1n) is 19.4. The summed E-state index contributed by atoms with van der Waals surface area (Å²) in [6.07, 6.45) is 0. The van der Waals surface area contributed by atoms with Gasteiger partial charge in [-0.25, -0.2) is 0 Å². The molecule has 10 aromatic rings. The Hall–Kier alpha value is -6.64. The molecule has 0 atom stereocenters. The summed E-state index contributed by atoms with van der Waals surface area (Å²) in [5.74, 6) is 0. The van der Waals surface area contributed by atoms with Gasteiger partial charge in [-0.2, -0.15) is 0 Å². The van der Waals surface area contributed by atoms with Crippen LogP contribution in [-0.4, -0.2) is 0 Å². The van der Waals surface area contributed by atoms with Gasteiger partial charge in [-0.3, -0.25) is 0 Å². The van der Waals surface area contributed by atoms with Crippen LogP contribution < -0.4 is 0 Å². The molecule has 0 aliphatic heterocycles. The summed E-state index contributed by atoms with van der Waals surface area (Å²) in [6, 6.07) is 61.6. The van der Waals surface area contributed by atoms with Gasteiger partial charge < -0.3 is 8.83 Å². The predicted octanol–water partition coefficient (Wildman–Crippen LogP) is 15.4. The average molecular weight is 725 g/mol. The summed E-state index contributed by atoms with van der Waals surface area (Å²) in [5.41, 5.74) is 18.3. The molecule has 1 aliphatic rings. The van der Waals surface area contributed by atoms with Crippen molar-refractivity contribution in [3.05, 3.63) is 204 Å². The van der Waals surface area contributed by atoms with Crippen molar-refractivity contribution in [1.82, 2.24) is 0 Å². The molecular weight excluding hydrogens is 681 g/mol. The fraction of sp³-hybridized carbons (Fsp3) is 0.111. The fourth-order valence-corrected chi connectivity index (χ4v) is 8.45. The number of aryl methyl sites for hydroxylation is 3. The summed E-state index contributed by atoms with van der Waals surface area (Å²) in [4.78, 5) is 0. The molecule has 2 heteroatoms. The van der Waals surface area contributed by atoms with E-state index in [4.69, 9.17) is 8.83 Å². The Morgan fingerprint density at radius 2 is 0.857 bits per heavy atom. The Morgan fingerprint density at radius 1 is 0.357 bits per heavy atom. The maximum Gasteiger partial charge on any atom is 0.143 e. The third-order valence-electron chi connectivity index (χ3n) is 11.4. The van der Waals surface area contributed by atoms with E-state index in [1.807, 2.05) is 18.2 Å². The van der Waals surface area contributed by atoms with Gasteiger partial charge in [0.15, 0.2) is 0 Å². The van der Waals surface area contributed by atoms with E-state index in [-0.39, 0.29) is 5.41 Å². The van der Waals surface area contributed by atoms with Crippen LogP contribution in [0.3, 0.4) is 0 Å². The van der Waals surface area contributed by atoms with Crippen LogP contribution in [0, 0.1) is 20.8 Å². The number of para-hydroxylation sites is 4. The van der Waals surface area contributed by atoms with Crippen LogP contribution in [0.1, 0.15) is 41.7 Å². The monoisotopic (exact) mass is 724 g/mol. The zero-order valence-corrected chi connectivity index (χ0v) is 32.6.